The zero-order valence-corrected chi connectivity index (χ0v) is 16.3. The van der Waals surface area contributed by atoms with Crippen molar-refractivity contribution in [3.8, 4) is 0 Å². The zero-order chi connectivity index (χ0) is 14.6. The molecule has 0 bridgehead atoms. The second-order valence-corrected chi connectivity index (χ2v) is 7.84. The first-order chi connectivity index (χ1) is 9.50. The van der Waals surface area contributed by atoms with Gasteiger partial charge in [-0.1, -0.05) is 0 Å². The highest BCUT2D eigenvalue weighted by molar-refractivity contribution is 14.0. The van der Waals surface area contributed by atoms with Gasteiger partial charge in [-0.3, -0.25) is 4.79 Å². The van der Waals surface area contributed by atoms with Crippen LogP contribution >= 0.6 is 35.7 Å². The lowest BCUT2D eigenvalue weighted by Crippen LogP contribution is -2.51. The molecule has 2 aliphatic rings. The van der Waals surface area contributed by atoms with Crippen molar-refractivity contribution in [3.05, 3.63) is 0 Å². The van der Waals surface area contributed by atoms with Gasteiger partial charge in [0.15, 0.2) is 5.96 Å². The average molecular weight is 426 g/mol. The summed E-state index contributed by atoms with van der Waals surface area (Å²) in [7, 11) is 0. The van der Waals surface area contributed by atoms with Crippen LogP contribution in [0.5, 0.6) is 0 Å². The SMILES string of the molecule is CCNC(=NCC(=O)NC1CC1)N1CCSC(C)(C)C1.I. The van der Waals surface area contributed by atoms with Crippen molar-refractivity contribution in [2.75, 3.05) is 31.9 Å². The number of rotatable bonds is 4. The zero-order valence-electron chi connectivity index (χ0n) is 13.1. The number of nitrogens with zero attached hydrogens (tertiary/aromatic N) is 2. The third kappa shape index (κ3) is 6.63. The van der Waals surface area contributed by atoms with Crippen molar-refractivity contribution in [1.82, 2.24) is 15.5 Å². The number of guanidine groups is 1. The molecule has 0 atom stereocenters. The van der Waals surface area contributed by atoms with Gasteiger partial charge in [-0.2, -0.15) is 11.8 Å². The van der Waals surface area contributed by atoms with E-state index in [9.17, 15) is 4.79 Å². The van der Waals surface area contributed by atoms with Crippen LogP contribution in [-0.2, 0) is 4.79 Å². The molecule has 5 nitrogen and oxygen atoms in total. The monoisotopic (exact) mass is 426 g/mol. The Morgan fingerprint density at radius 2 is 2.14 bits per heavy atom. The van der Waals surface area contributed by atoms with Crippen molar-refractivity contribution < 1.29 is 4.79 Å². The Morgan fingerprint density at radius 3 is 2.71 bits per heavy atom. The van der Waals surface area contributed by atoms with Gasteiger partial charge in [0.25, 0.3) is 0 Å². The molecular weight excluding hydrogens is 399 g/mol. The molecule has 0 aromatic carbocycles. The van der Waals surface area contributed by atoms with Crippen molar-refractivity contribution >= 4 is 47.6 Å². The largest absolute Gasteiger partial charge is 0.357 e. The van der Waals surface area contributed by atoms with Crippen LogP contribution in [-0.4, -0.2) is 59.5 Å². The number of hydrogen-bond acceptors (Lipinski definition) is 3. The van der Waals surface area contributed by atoms with Crippen molar-refractivity contribution in [2.45, 2.75) is 44.4 Å². The molecule has 7 heteroatoms. The fourth-order valence-corrected chi connectivity index (χ4v) is 3.38. The Hall–Kier alpha value is -0.180. The van der Waals surface area contributed by atoms with Crippen LogP contribution in [0, 0.1) is 0 Å². The van der Waals surface area contributed by atoms with Gasteiger partial charge in [0, 0.05) is 36.2 Å². The van der Waals surface area contributed by atoms with E-state index >= 15 is 0 Å². The second kappa shape index (κ2) is 8.45. The number of carbonyl (C=O) groups excluding carboxylic acids is 1. The van der Waals surface area contributed by atoms with Gasteiger partial charge >= 0.3 is 0 Å². The minimum absolute atomic E-state index is 0. The number of halogens is 1. The van der Waals surface area contributed by atoms with E-state index in [0.717, 1.165) is 44.2 Å². The molecule has 21 heavy (non-hydrogen) atoms. The summed E-state index contributed by atoms with van der Waals surface area (Å²) in [4.78, 5) is 18.5. The number of aliphatic imine (C=N–C) groups is 1. The summed E-state index contributed by atoms with van der Waals surface area (Å²) in [6, 6.07) is 0.408. The molecule has 0 aromatic heterocycles. The maximum atomic E-state index is 11.7. The molecule has 0 radical (unpaired) electrons. The van der Waals surface area contributed by atoms with Crippen LogP contribution in [0.4, 0.5) is 0 Å². The summed E-state index contributed by atoms with van der Waals surface area (Å²) < 4.78 is 0.241. The predicted octanol–water partition coefficient (Wildman–Crippen LogP) is 1.68. The maximum Gasteiger partial charge on any atom is 0.242 e. The van der Waals surface area contributed by atoms with E-state index in [1.807, 2.05) is 11.8 Å². The van der Waals surface area contributed by atoms with E-state index < -0.39 is 0 Å². The summed E-state index contributed by atoms with van der Waals surface area (Å²) in [5.41, 5.74) is 0. The van der Waals surface area contributed by atoms with E-state index in [0.29, 0.717) is 6.04 Å². The van der Waals surface area contributed by atoms with Gasteiger partial charge in [0.2, 0.25) is 5.91 Å². The highest BCUT2D eigenvalue weighted by Gasteiger charge is 2.29. The smallest absolute Gasteiger partial charge is 0.242 e. The van der Waals surface area contributed by atoms with E-state index in [-0.39, 0.29) is 41.2 Å². The summed E-state index contributed by atoms with van der Waals surface area (Å²) in [6.45, 7) is 9.58. The third-order valence-corrected chi connectivity index (χ3v) is 4.67. The van der Waals surface area contributed by atoms with Gasteiger partial charge in [-0.25, -0.2) is 4.99 Å². The first-order valence-corrected chi connectivity index (χ1v) is 8.45. The molecule has 1 aliphatic heterocycles. The molecule has 0 aromatic rings. The number of thioether (sulfide) groups is 1. The lowest BCUT2D eigenvalue weighted by Gasteiger charge is -2.39. The van der Waals surface area contributed by atoms with E-state index in [4.69, 9.17) is 0 Å². The van der Waals surface area contributed by atoms with Gasteiger partial charge in [-0.15, -0.1) is 24.0 Å². The van der Waals surface area contributed by atoms with E-state index in [2.05, 4.69) is 41.3 Å². The number of carbonyl (C=O) groups is 1. The normalized spacial score (nSPS) is 21.5. The van der Waals surface area contributed by atoms with Gasteiger partial charge in [0.1, 0.15) is 6.54 Å². The van der Waals surface area contributed by atoms with Crippen molar-refractivity contribution in [2.24, 2.45) is 4.99 Å². The standard InChI is InChI=1S/C14H26N4OS.HI/c1-4-15-13(16-9-12(19)17-11-5-6-11)18-7-8-20-14(2,3)10-18;/h11H,4-10H2,1-3H3,(H,15,16)(H,17,19);1H. The molecule has 2 N–H and O–H groups in total. The van der Waals surface area contributed by atoms with Crippen LogP contribution in [0.3, 0.4) is 0 Å². The van der Waals surface area contributed by atoms with Crippen LogP contribution in [0.15, 0.2) is 4.99 Å². The minimum Gasteiger partial charge on any atom is -0.357 e. The molecule has 1 amide bonds. The lowest BCUT2D eigenvalue weighted by molar-refractivity contribution is -0.119. The minimum atomic E-state index is 0. The fraction of sp³-hybridized carbons (Fsp3) is 0.857. The lowest BCUT2D eigenvalue weighted by atomic mass is 10.2. The average Bonchev–Trinajstić information content (AvgIpc) is 3.17. The van der Waals surface area contributed by atoms with Gasteiger partial charge < -0.3 is 15.5 Å². The van der Waals surface area contributed by atoms with Gasteiger partial charge in [0.05, 0.1) is 0 Å². The summed E-state index contributed by atoms with van der Waals surface area (Å²) in [5.74, 6) is 2.01. The molecule has 1 saturated heterocycles. The van der Waals surface area contributed by atoms with Crippen LogP contribution in [0.1, 0.15) is 33.6 Å². The third-order valence-electron chi connectivity index (χ3n) is 3.37. The molecule has 2 rings (SSSR count). The number of amides is 1. The quantitative estimate of drug-likeness (QED) is 0.408. The summed E-state index contributed by atoms with van der Waals surface area (Å²) in [5, 5.41) is 6.28. The summed E-state index contributed by atoms with van der Waals surface area (Å²) >= 11 is 2.00. The van der Waals surface area contributed by atoms with Gasteiger partial charge in [-0.05, 0) is 33.6 Å². The first kappa shape index (κ1) is 18.9. The Labute approximate surface area is 149 Å². The molecule has 0 unspecified atom stereocenters. The highest BCUT2D eigenvalue weighted by Crippen LogP contribution is 2.29. The molecule has 1 saturated carbocycles. The number of nitrogens with one attached hydrogen (secondary N) is 2. The Balaban J connectivity index is 0.00000220. The number of hydrogen-bond donors (Lipinski definition) is 2. The van der Waals surface area contributed by atoms with Crippen LogP contribution in [0.25, 0.3) is 0 Å². The molecule has 0 spiro atoms. The van der Waals surface area contributed by atoms with E-state index in [1.54, 1.807) is 0 Å². The van der Waals surface area contributed by atoms with Crippen molar-refractivity contribution in [1.29, 1.82) is 0 Å². The Morgan fingerprint density at radius 1 is 1.43 bits per heavy atom. The molecule has 2 fully saturated rings. The second-order valence-electron chi connectivity index (χ2n) is 6.04. The van der Waals surface area contributed by atoms with E-state index in [1.165, 1.54) is 0 Å². The predicted molar refractivity (Wildman–Crippen MR) is 101 cm³/mol. The molecule has 122 valence electrons. The molecular formula is C14H27IN4OS. The van der Waals surface area contributed by atoms with Crippen LogP contribution in [0.2, 0.25) is 0 Å². The Kier molecular flexibility index (Phi) is 7.59. The fourth-order valence-electron chi connectivity index (χ4n) is 2.27. The highest BCUT2D eigenvalue weighted by atomic mass is 127. The molecule has 1 aliphatic carbocycles. The first-order valence-electron chi connectivity index (χ1n) is 7.47. The van der Waals surface area contributed by atoms with Crippen molar-refractivity contribution in [3.63, 3.8) is 0 Å². The molecule has 1 heterocycles. The maximum absolute atomic E-state index is 11.7. The topological polar surface area (TPSA) is 56.7 Å². The summed E-state index contributed by atoms with van der Waals surface area (Å²) in [6.07, 6.45) is 2.24. The van der Waals surface area contributed by atoms with Crippen LogP contribution < -0.4 is 10.6 Å². The Bertz CT molecular complexity index is 385.